The Morgan fingerprint density at radius 3 is 2.19 bits per heavy atom. The first-order valence-electron chi connectivity index (χ1n) is 8.30. The zero-order valence-corrected chi connectivity index (χ0v) is 15.6. The van der Waals surface area contributed by atoms with Gasteiger partial charge < -0.3 is 19.3 Å². The first kappa shape index (κ1) is 18.7. The molecule has 3 rings (SSSR count). The number of benzene rings is 1. The van der Waals surface area contributed by atoms with Crippen LogP contribution in [0.5, 0.6) is 5.75 Å². The van der Waals surface area contributed by atoms with Gasteiger partial charge in [0.25, 0.3) is 5.91 Å². The molecule has 0 saturated carbocycles. The van der Waals surface area contributed by atoms with Crippen LogP contribution in [0.3, 0.4) is 0 Å². The van der Waals surface area contributed by atoms with Gasteiger partial charge in [-0.15, -0.1) is 0 Å². The normalized spacial score (nSPS) is 24.2. The quantitative estimate of drug-likeness (QED) is 0.716. The summed E-state index contributed by atoms with van der Waals surface area (Å²) in [5.74, 6) is -0.108. The van der Waals surface area contributed by atoms with Crippen molar-refractivity contribution in [1.82, 2.24) is 9.80 Å². The van der Waals surface area contributed by atoms with Gasteiger partial charge in [0.05, 0.1) is 30.7 Å². The van der Waals surface area contributed by atoms with E-state index in [2.05, 4.69) is 0 Å². The lowest BCUT2D eigenvalue weighted by Gasteiger charge is -2.43. The number of carbonyl (C=O) groups is 2. The third-order valence-electron chi connectivity index (χ3n) is 4.86. The van der Waals surface area contributed by atoms with Gasteiger partial charge in [-0.2, -0.15) is 0 Å². The lowest BCUT2D eigenvalue weighted by atomic mass is 10.0. The Kier molecular flexibility index (Phi) is 5.19. The minimum absolute atomic E-state index is 0.101. The minimum Gasteiger partial charge on any atom is -0.497 e. The number of carbonyl (C=O) groups excluding carboxylic acids is 2. The standard InChI is InChI=1S/C17H22N2O6S/c1-24-9-16(20)18-7-8-19(15-11-26(22,23)10-14(15)18)17(21)12-3-5-13(25-2)6-4-12/h3-6,14-15H,7-11H2,1-2H3/t14-,15+/m1/s1. The molecule has 2 heterocycles. The van der Waals surface area contributed by atoms with Crippen molar-refractivity contribution in [3.8, 4) is 5.75 Å². The highest BCUT2D eigenvalue weighted by atomic mass is 32.2. The van der Waals surface area contributed by atoms with Gasteiger partial charge in [0.2, 0.25) is 5.91 Å². The van der Waals surface area contributed by atoms with Crippen LogP contribution in [0, 0.1) is 0 Å². The second-order valence-electron chi connectivity index (χ2n) is 6.46. The first-order valence-corrected chi connectivity index (χ1v) is 10.1. The molecule has 2 fully saturated rings. The highest BCUT2D eigenvalue weighted by Crippen LogP contribution is 2.28. The van der Waals surface area contributed by atoms with Crippen LogP contribution in [-0.2, 0) is 19.4 Å². The summed E-state index contributed by atoms with van der Waals surface area (Å²) in [5.41, 5.74) is 0.463. The Hall–Kier alpha value is -2.13. The van der Waals surface area contributed by atoms with Crippen LogP contribution >= 0.6 is 0 Å². The van der Waals surface area contributed by atoms with Crippen molar-refractivity contribution in [2.75, 3.05) is 45.4 Å². The van der Waals surface area contributed by atoms with Gasteiger partial charge in [-0.05, 0) is 24.3 Å². The Morgan fingerprint density at radius 2 is 1.62 bits per heavy atom. The van der Waals surface area contributed by atoms with Crippen molar-refractivity contribution < 1.29 is 27.5 Å². The fourth-order valence-corrected chi connectivity index (χ4v) is 5.60. The molecule has 0 bridgehead atoms. The van der Waals surface area contributed by atoms with E-state index >= 15 is 0 Å². The molecule has 0 radical (unpaired) electrons. The molecule has 26 heavy (non-hydrogen) atoms. The second kappa shape index (κ2) is 7.24. The zero-order valence-electron chi connectivity index (χ0n) is 14.8. The summed E-state index contributed by atoms with van der Waals surface area (Å²) in [6, 6.07) is 5.62. The van der Waals surface area contributed by atoms with Crippen LogP contribution in [-0.4, -0.2) is 87.5 Å². The number of hydrogen-bond acceptors (Lipinski definition) is 6. The molecule has 0 aliphatic carbocycles. The highest BCUT2D eigenvalue weighted by molar-refractivity contribution is 7.91. The minimum atomic E-state index is -3.32. The van der Waals surface area contributed by atoms with Crippen LogP contribution in [0.1, 0.15) is 10.4 Å². The van der Waals surface area contributed by atoms with Crippen molar-refractivity contribution in [3.05, 3.63) is 29.8 Å². The van der Waals surface area contributed by atoms with Gasteiger partial charge in [-0.1, -0.05) is 0 Å². The molecule has 0 spiro atoms. The van der Waals surface area contributed by atoms with E-state index in [-0.39, 0.29) is 36.5 Å². The van der Waals surface area contributed by atoms with Gasteiger partial charge in [0, 0.05) is 25.8 Å². The number of hydrogen-bond donors (Lipinski definition) is 0. The highest BCUT2D eigenvalue weighted by Gasteiger charge is 2.49. The molecule has 2 amide bonds. The summed E-state index contributed by atoms with van der Waals surface area (Å²) in [6.07, 6.45) is 0. The van der Waals surface area contributed by atoms with Crippen molar-refractivity contribution in [3.63, 3.8) is 0 Å². The number of ether oxygens (including phenoxy) is 2. The Bertz CT molecular complexity index is 792. The van der Waals surface area contributed by atoms with Crippen LogP contribution < -0.4 is 4.74 Å². The predicted molar refractivity (Wildman–Crippen MR) is 93.8 cm³/mol. The molecule has 2 atom stereocenters. The van der Waals surface area contributed by atoms with E-state index < -0.39 is 21.9 Å². The topological polar surface area (TPSA) is 93.2 Å². The van der Waals surface area contributed by atoms with E-state index in [1.54, 1.807) is 36.3 Å². The molecule has 2 aliphatic heterocycles. The third-order valence-corrected chi connectivity index (χ3v) is 6.56. The van der Waals surface area contributed by atoms with Crippen molar-refractivity contribution >= 4 is 21.7 Å². The van der Waals surface area contributed by atoms with E-state index in [4.69, 9.17) is 9.47 Å². The smallest absolute Gasteiger partial charge is 0.254 e. The maximum atomic E-state index is 12.9. The average Bonchev–Trinajstić information content (AvgIpc) is 2.95. The van der Waals surface area contributed by atoms with Gasteiger partial charge in [-0.25, -0.2) is 8.42 Å². The molecule has 0 N–H and O–H groups in total. The molecule has 1 aromatic carbocycles. The summed E-state index contributed by atoms with van der Waals surface area (Å²) >= 11 is 0. The summed E-state index contributed by atoms with van der Waals surface area (Å²) in [7, 11) is -0.355. The molecule has 142 valence electrons. The second-order valence-corrected chi connectivity index (χ2v) is 8.61. The molecule has 0 unspecified atom stereocenters. The van der Waals surface area contributed by atoms with Gasteiger partial charge in [0.1, 0.15) is 12.4 Å². The summed E-state index contributed by atoms with van der Waals surface area (Å²) in [4.78, 5) is 28.3. The monoisotopic (exact) mass is 382 g/mol. The fourth-order valence-electron chi connectivity index (χ4n) is 3.62. The van der Waals surface area contributed by atoms with E-state index in [1.165, 1.54) is 12.0 Å². The molecule has 9 heteroatoms. The lowest BCUT2D eigenvalue weighted by Crippen LogP contribution is -2.62. The zero-order chi connectivity index (χ0) is 18.9. The molecular weight excluding hydrogens is 360 g/mol. The Labute approximate surface area is 152 Å². The number of sulfone groups is 1. The molecule has 2 aliphatic rings. The third kappa shape index (κ3) is 3.54. The number of nitrogens with zero attached hydrogens (tertiary/aromatic N) is 2. The van der Waals surface area contributed by atoms with Crippen LogP contribution in [0.4, 0.5) is 0 Å². The fraction of sp³-hybridized carbons (Fsp3) is 0.529. The van der Waals surface area contributed by atoms with Gasteiger partial charge in [0.15, 0.2) is 9.84 Å². The number of amides is 2. The van der Waals surface area contributed by atoms with E-state index in [0.29, 0.717) is 17.9 Å². The number of piperazine rings is 1. The van der Waals surface area contributed by atoms with Crippen LogP contribution in [0.25, 0.3) is 0 Å². The summed E-state index contributed by atoms with van der Waals surface area (Å²) in [6.45, 7) is 0.480. The number of rotatable bonds is 4. The lowest BCUT2D eigenvalue weighted by molar-refractivity contribution is -0.140. The van der Waals surface area contributed by atoms with Gasteiger partial charge in [-0.3, -0.25) is 9.59 Å². The predicted octanol–water partition coefficient (Wildman–Crippen LogP) is -0.208. The maximum absolute atomic E-state index is 12.9. The largest absolute Gasteiger partial charge is 0.497 e. The van der Waals surface area contributed by atoms with Crippen molar-refractivity contribution in [2.24, 2.45) is 0 Å². The molecular formula is C17H22N2O6S. The van der Waals surface area contributed by atoms with Crippen molar-refractivity contribution in [2.45, 2.75) is 12.1 Å². The van der Waals surface area contributed by atoms with E-state index in [1.807, 2.05) is 0 Å². The summed E-state index contributed by atoms with van der Waals surface area (Å²) < 4.78 is 34.4. The molecule has 0 aromatic heterocycles. The van der Waals surface area contributed by atoms with Crippen LogP contribution in [0.15, 0.2) is 24.3 Å². The molecule has 8 nitrogen and oxygen atoms in total. The summed E-state index contributed by atoms with van der Waals surface area (Å²) in [5, 5.41) is 0. The Balaban J connectivity index is 1.85. The first-order chi connectivity index (χ1) is 12.4. The van der Waals surface area contributed by atoms with E-state index in [9.17, 15) is 18.0 Å². The average molecular weight is 382 g/mol. The van der Waals surface area contributed by atoms with Crippen molar-refractivity contribution in [1.29, 1.82) is 0 Å². The maximum Gasteiger partial charge on any atom is 0.254 e. The number of fused-ring (bicyclic) bond motifs is 1. The SMILES string of the molecule is COCC(=O)N1CCN(C(=O)c2ccc(OC)cc2)[C@H]2CS(=O)(=O)C[C@H]21. The molecule has 1 aromatic rings. The van der Waals surface area contributed by atoms with Crippen LogP contribution in [0.2, 0.25) is 0 Å². The Morgan fingerprint density at radius 1 is 1.04 bits per heavy atom. The number of methoxy groups -OCH3 is 2. The van der Waals surface area contributed by atoms with E-state index in [0.717, 1.165) is 0 Å². The van der Waals surface area contributed by atoms with Gasteiger partial charge >= 0.3 is 0 Å². The molecule has 2 saturated heterocycles.